The zero-order valence-electron chi connectivity index (χ0n) is 23.3. The molecule has 0 saturated heterocycles. The van der Waals surface area contributed by atoms with Crippen LogP contribution in [0.1, 0.15) is 70.7 Å². The van der Waals surface area contributed by atoms with E-state index >= 15 is 0 Å². The number of amides is 1. The maximum Gasteiger partial charge on any atom is 0.222 e. The van der Waals surface area contributed by atoms with Crippen LogP contribution in [-0.2, 0) is 28.9 Å². The number of benzene rings is 1. The lowest BCUT2D eigenvalue weighted by Crippen LogP contribution is -2.37. The van der Waals surface area contributed by atoms with Crippen LogP contribution in [0.25, 0.3) is 0 Å². The standard InChI is InChI=1S/C27H41N7O4S/c1-18(35)29-22-13-12-21(31-32-22)11-6-7-14-27(5)34-33-24(39-27)30-23(36)16-19-9-8-10-20(15-19)17-28-25(37)38-26(2,3)4/h8-10,12-13,15,23,25,28,34,36-37H,6-7,11,14,16-17H2,1-5H3,(H,30,33)(H,29,32,35). The van der Waals surface area contributed by atoms with Gasteiger partial charge in [-0.3, -0.25) is 15.5 Å². The van der Waals surface area contributed by atoms with Crippen LogP contribution in [0.3, 0.4) is 0 Å². The van der Waals surface area contributed by atoms with E-state index in [1.807, 2.05) is 51.1 Å². The molecule has 0 spiro atoms. The van der Waals surface area contributed by atoms with Crippen LogP contribution in [0.4, 0.5) is 5.82 Å². The minimum atomic E-state index is -1.06. The van der Waals surface area contributed by atoms with Gasteiger partial charge in [0.25, 0.3) is 0 Å². The summed E-state index contributed by atoms with van der Waals surface area (Å²) >= 11 is 1.57. The number of unbranched alkanes of at least 4 members (excludes halogenated alkanes) is 1. The first kappa shape index (κ1) is 30.8. The summed E-state index contributed by atoms with van der Waals surface area (Å²) in [5, 5.41) is 42.5. The molecule has 0 saturated carbocycles. The topological polar surface area (TPSA) is 153 Å². The van der Waals surface area contributed by atoms with Crippen molar-refractivity contribution in [1.29, 1.82) is 0 Å². The average Bonchev–Trinajstić information content (AvgIpc) is 3.20. The maximum absolute atomic E-state index is 11.1. The molecule has 1 amide bonds. The largest absolute Gasteiger partial charge is 0.373 e. The van der Waals surface area contributed by atoms with Crippen molar-refractivity contribution in [1.82, 2.24) is 26.3 Å². The third-order valence-electron chi connectivity index (χ3n) is 5.73. The van der Waals surface area contributed by atoms with Gasteiger partial charge in [0.15, 0.2) is 11.0 Å². The summed E-state index contributed by atoms with van der Waals surface area (Å²) in [6.07, 6.45) is 2.16. The number of hydrogen-bond acceptors (Lipinski definition) is 11. The molecule has 0 aliphatic carbocycles. The fraction of sp³-hybridized carbons (Fsp3) is 0.556. The summed E-state index contributed by atoms with van der Waals surface area (Å²) in [5.74, 6) is 0.285. The first-order valence-corrected chi connectivity index (χ1v) is 14.0. The van der Waals surface area contributed by atoms with Crippen molar-refractivity contribution in [2.75, 3.05) is 5.32 Å². The zero-order chi connectivity index (χ0) is 28.5. The number of amidine groups is 1. The van der Waals surface area contributed by atoms with E-state index in [1.54, 1.807) is 17.8 Å². The summed E-state index contributed by atoms with van der Waals surface area (Å²) in [7, 11) is 0. The summed E-state index contributed by atoms with van der Waals surface area (Å²) in [4.78, 5) is 10.8. The second-order valence-corrected chi connectivity index (χ2v) is 12.3. The highest BCUT2D eigenvalue weighted by molar-refractivity contribution is 8.15. The highest BCUT2D eigenvalue weighted by Gasteiger charge is 2.32. The molecule has 3 unspecified atom stereocenters. The van der Waals surface area contributed by atoms with Gasteiger partial charge in [-0.05, 0) is 76.6 Å². The number of aryl methyl sites for hydroxylation is 1. The number of aromatic nitrogens is 2. The summed E-state index contributed by atoms with van der Waals surface area (Å²) in [6.45, 7) is 9.62. The second kappa shape index (κ2) is 14.0. The number of carbonyl (C=O) groups excluding carboxylic acids is 1. The van der Waals surface area contributed by atoms with Crippen LogP contribution in [0, 0.1) is 0 Å². The third kappa shape index (κ3) is 11.5. The summed E-state index contributed by atoms with van der Waals surface area (Å²) in [5.41, 5.74) is 5.58. The third-order valence-corrected chi connectivity index (χ3v) is 6.88. The SMILES string of the molecule is CC(=O)Nc1ccc(CCCCC2(C)NN=C(NC(O)Cc3cccc(CNC(O)OC(C)(C)C)c3)S2)nn1. The lowest BCUT2D eigenvalue weighted by Gasteiger charge is -2.24. The Kier molecular flexibility index (Phi) is 11.1. The second-order valence-electron chi connectivity index (χ2n) is 10.8. The van der Waals surface area contributed by atoms with Crippen LogP contribution >= 0.6 is 11.8 Å². The zero-order valence-corrected chi connectivity index (χ0v) is 24.1. The molecule has 1 aromatic heterocycles. The molecule has 1 aromatic carbocycles. The lowest BCUT2D eigenvalue weighted by molar-refractivity contribution is -0.182. The molecule has 0 fully saturated rings. The Morgan fingerprint density at radius 1 is 1.15 bits per heavy atom. The number of hydrogen-bond donors (Lipinski definition) is 6. The van der Waals surface area contributed by atoms with Gasteiger partial charge in [-0.15, -0.1) is 5.10 Å². The van der Waals surface area contributed by atoms with Gasteiger partial charge in [0.05, 0.1) is 11.3 Å². The van der Waals surface area contributed by atoms with E-state index in [0.717, 1.165) is 42.5 Å². The number of carbonyl (C=O) groups is 1. The molecule has 11 nitrogen and oxygen atoms in total. The van der Waals surface area contributed by atoms with E-state index < -0.39 is 18.2 Å². The van der Waals surface area contributed by atoms with Gasteiger partial charge in [0.1, 0.15) is 11.1 Å². The van der Waals surface area contributed by atoms with Gasteiger partial charge in [0.2, 0.25) is 12.3 Å². The van der Waals surface area contributed by atoms with E-state index in [0.29, 0.717) is 24.0 Å². The molecule has 3 atom stereocenters. The molecule has 0 radical (unpaired) electrons. The predicted octanol–water partition coefficient (Wildman–Crippen LogP) is 2.80. The van der Waals surface area contributed by atoms with E-state index in [4.69, 9.17) is 4.74 Å². The molecule has 2 aromatic rings. The van der Waals surface area contributed by atoms with Gasteiger partial charge < -0.3 is 25.6 Å². The number of nitrogens with one attached hydrogen (secondary N) is 4. The molecular weight excluding hydrogens is 518 g/mol. The molecule has 1 aliphatic rings. The Labute approximate surface area is 234 Å². The Morgan fingerprint density at radius 3 is 2.62 bits per heavy atom. The number of thioether (sulfide) groups is 1. The molecular formula is C27H41N7O4S. The molecule has 0 bridgehead atoms. The van der Waals surface area contributed by atoms with Crippen molar-refractivity contribution in [3.8, 4) is 0 Å². The Balaban J connectivity index is 1.37. The Bertz CT molecular complexity index is 1110. The molecule has 39 heavy (non-hydrogen) atoms. The smallest absolute Gasteiger partial charge is 0.222 e. The van der Waals surface area contributed by atoms with Crippen molar-refractivity contribution in [2.24, 2.45) is 5.10 Å². The monoisotopic (exact) mass is 559 g/mol. The van der Waals surface area contributed by atoms with Gasteiger partial charge in [-0.2, -0.15) is 10.2 Å². The average molecular weight is 560 g/mol. The first-order valence-electron chi connectivity index (χ1n) is 13.1. The van der Waals surface area contributed by atoms with Crippen molar-refractivity contribution in [2.45, 2.75) is 96.4 Å². The molecule has 1 aliphatic heterocycles. The van der Waals surface area contributed by atoms with Gasteiger partial charge in [-0.25, -0.2) is 0 Å². The molecule has 2 heterocycles. The summed E-state index contributed by atoms with van der Waals surface area (Å²) in [6, 6.07) is 11.5. The van der Waals surface area contributed by atoms with Crippen LogP contribution < -0.4 is 21.4 Å². The number of ether oxygens (including phenoxy) is 1. The van der Waals surface area contributed by atoms with Crippen LogP contribution in [0.15, 0.2) is 41.5 Å². The molecule has 6 N–H and O–H groups in total. The molecule has 3 rings (SSSR count). The number of aliphatic hydroxyl groups is 2. The van der Waals surface area contributed by atoms with Gasteiger partial charge >= 0.3 is 0 Å². The molecule has 214 valence electrons. The fourth-order valence-electron chi connectivity index (χ4n) is 3.97. The predicted molar refractivity (Wildman–Crippen MR) is 153 cm³/mol. The van der Waals surface area contributed by atoms with Crippen molar-refractivity contribution in [3.05, 3.63) is 53.2 Å². The van der Waals surface area contributed by atoms with Crippen molar-refractivity contribution >= 4 is 28.7 Å². The Morgan fingerprint density at radius 2 is 1.92 bits per heavy atom. The number of rotatable bonds is 13. The normalized spacial score (nSPS) is 18.7. The quantitative estimate of drug-likeness (QED) is 0.160. The molecule has 12 heteroatoms. The van der Waals surface area contributed by atoms with Crippen LogP contribution in [0.5, 0.6) is 0 Å². The summed E-state index contributed by atoms with van der Waals surface area (Å²) < 4.78 is 5.47. The highest BCUT2D eigenvalue weighted by Crippen LogP contribution is 2.32. The lowest BCUT2D eigenvalue weighted by atomic mass is 10.1. The van der Waals surface area contributed by atoms with E-state index in [1.165, 1.54) is 6.92 Å². The van der Waals surface area contributed by atoms with Gasteiger partial charge in [0, 0.05) is 19.9 Å². The highest BCUT2D eigenvalue weighted by atomic mass is 32.2. The van der Waals surface area contributed by atoms with Gasteiger partial charge in [-0.1, -0.05) is 36.0 Å². The van der Waals surface area contributed by atoms with Crippen molar-refractivity contribution in [3.63, 3.8) is 0 Å². The van der Waals surface area contributed by atoms with Crippen LogP contribution in [0.2, 0.25) is 0 Å². The first-order chi connectivity index (χ1) is 18.4. The Hall–Kier alpha value is -2.77. The number of anilines is 1. The van der Waals surface area contributed by atoms with E-state index in [-0.39, 0.29) is 10.8 Å². The number of aliphatic hydroxyl groups excluding tert-OH is 2. The fourth-order valence-corrected chi connectivity index (χ4v) is 5.02. The van der Waals surface area contributed by atoms with Crippen LogP contribution in [-0.4, -0.2) is 54.6 Å². The van der Waals surface area contributed by atoms with Crippen molar-refractivity contribution < 1.29 is 19.7 Å². The maximum atomic E-state index is 11.1. The number of nitrogens with zero attached hydrogens (tertiary/aromatic N) is 3. The minimum absolute atomic E-state index is 0.169. The number of hydrazone groups is 1. The minimum Gasteiger partial charge on any atom is -0.373 e. The van der Waals surface area contributed by atoms with E-state index in [2.05, 4.69) is 43.6 Å². The van der Waals surface area contributed by atoms with E-state index in [9.17, 15) is 15.0 Å².